The van der Waals surface area contributed by atoms with Crippen LogP contribution in [0.15, 0.2) is 66.7 Å². The van der Waals surface area contributed by atoms with Crippen molar-refractivity contribution in [2.75, 3.05) is 5.32 Å². The number of anilines is 1. The molecule has 0 radical (unpaired) electrons. The Bertz CT molecular complexity index is 927. The van der Waals surface area contributed by atoms with Crippen LogP contribution in [0.5, 0.6) is 0 Å². The van der Waals surface area contributed by atoms with Crippen molar-refractivity contribution in [2.24, 2.45) is 0 Å². The second-order valence-corrected chi connectivity index (χ2v) is 6.46. The van der Waals surface area contributed by atoms with Gasteiger partial charge in [-0.05, 0) is 42.3 Å². The number of rotatable bonds is 5. The molecule has 0 spiro atoms. The lowest BCUT2D eigenvalue weighted by atomic mass is 10.0. The molecule has 3 aromatic rings. The van der Waals surface area contributed by atoms with Crippen LogP contribution >= 0.6 is 0 Å². The molecule has 0 bridgehead atoms. The molecule has 2 amide bonds. The first-order valence-electron chi connectivity index (χ1n) is 8.66. The van der Waals surface area contributed by atoms with Crippen LogP contribution in [0.2, 0.25) is 0 Å². The van der Waals surface area contributed by atoms with Gasteiger partial charge in [0.1, 0.15) is 6.04 Å². The normalized spacial score (nSPS) is 11.8. The number of carbonyl (C=O) groups is 2. The predicted octanol–water partition coefficient (Wildman–Crippen LogP) is 3.83. The number of carbonyl (C=O) groups excluding carboxylic acids is 2. The monoisotopic (exact) mass is 346 g/mol. The van der Waals surface area contributed by atoms with E-state index in [0.717, 1.165) is 27.6 Å². The number of fused-ring (bicyclic) bond motifs is 1. The fourth-order valence-corrected chi connectivity index (χ4v) is 2.87. The maximum atomic E-state index is 12.4. The fourth-order valence-electron chi connectivity index (χ4n) is 2.87. The molecule has 132 valence electrons. The lowest BCUT2D eigenvalue weighted by Gasteiger charge is -2.15. The summed E-state index contributed by atoms with van der Waals surface area (Å²) in [5, 5.41) is 7.74. The zero-order valence-electron chi connectivity index (χ0n) is 15.0. The van der Waals surface area contributed by atoms with E-state index in [-0.39, 0.29) is 18.2 Å². The molecule has 26 heavy (non-hydrogen) atoms. The van der Waals surface area contributed by atoms with E-state index in [1.54, 1.807) is 6.92 Å². The smallest absolute Gasteiger partial charge is 0.246 e. The average molecular weight is 346 g/mol. The highest BCUT2D eigenvalue weighted by Crippen LogP contribution is 2.19. The highest BCUT2D eigenvalue weighted by atomic mass is 16.2. The van der Waals surface area contributed by atoms with Crippen molar-refractivity contribution in [1.82, 2.24) is 5.32 Å². The van der Waals surface area contributed by atoms with E-state index in [2.05, 4.69) is 10.6 Å². The van der Waals surface area contributed by atoms with Gasteiger partial charge in [0.15, 0.2) is 0 Å². The largest absolute Gasteiger partial charge is 0.344 e. The van der Waals surface area contributed by atoms with Crippen LogP contribution in [0.1, 0.15) is 18.1 Å². The van der Waals surface area contributed by atoms with E-state index in [4.69, 9.17) is 0 Å². The Balaban J connectivity index is 1.61. The number of hydrogen-bond acceptors (Lipinski definition) is 2. The Morgan fingerprint density at radius 1 is 0.923 bits per heavy atom. The number of benzene rings is 3. The van der Waals surface area contributed by atoms with E-state index >= 15 is 0 Å². The molecule has 3 rings (SSSR count). The third-order valence-electron chi connectivity index (χ3n) is 4.32. The van der Waals surface area contributed by atoms with E-state index in [9.17, 15) is 9.59 Å². The summed E-state index contributed by atoms with van der Waals surface area (Å²) in [4.78, 5) is 24.6. The number of aryl methyl sites for hydroxylation is 1. The molecular formula is C22H22N2O2. The van der Waals surface area contributed by atoms with Crippen LogP contribution in [-0.2, 0) is 16.0 Å². The topological polar surface area (TPSA) is 58.2 Å². The van der Waals surface area contributed by atoms with Crippen molar-refractivity contribution >= 4 is 28.3 Å². The molecule has 4 heteroatoms. The van der Waals surface area contributed by atoms with Crippen molar-refractivity contribution in [3.05, 3.63) is 77.9 Å². The lowest BCUT2D eigenvalue weighted by Crippen LogP contribution is -2.42. The Hall–Kier alpha value is -3.14. The predicted molar refractivity (Wildman–Crippen MR) is 105 cm³/mol. The van der Waals surface area contributed by atoms with Crippen LogP contribution in [0.4, 0.5) is 5.69 Å². The quantitative estimate of drug-likeness (QED) is 0.737. The van der Waals surface area contributed by atoms with E-state index in [1.807, 2.05) is 73.7 Å². The zero-order valence-corrected chi connectivity index (χ0v) is 15.0. The minimum Gasteiger partial charge on any atom is -0.344 e. The molecule has 1 atom stereocenters. The molecule has 0 saturated carbocycles. The SMILES string of the molecule is Cc1ccc(NC(=O)[C@H](C)NC(=O)Cc2cccc3ccccc23)cc1. The summed E-state index contributed by atoms with van der Waals surface area (Å²) in [6.45, 7) is 3.67. The van der Waals surface area contributed by atoms with Gasteiger partial charge in [-0.15, -0.1) is 0 Å². The summed E-state index contributed by atoms with van der Waals surface area (Å²) in [5.41, 5.74) is 2.79. The Morgan fingerprint density at radius 3 is 2.38 bits per heavy atom. The maximum Gasteiger partial charge on any atom is 0.246 e. The van der Waals surface area contributed by atoms with Crippen LogP contribution in [0.3, 0.4) is 0 Å². The molecule has 0 aromatic heterocycles. The molecule has 4 nitrogen and oxygen atoms in total. The number of amides is 2. The first kappa shape index (κ1) is 17.7. The van der Waals surface area contributed by atoms with E-state index in [1.165, 1.54) is 0 Å². The van der Waals surface area contributed by atoms with Gasteiger partial charge in [0.2, 0.25) is 11.8 Å². The molecule has 3 aromatic carbocycles. The van der Waals surface area contributed by atoms with Gasteiger partial charge in [-0.2, -0.15) is 0 Å². The van der Waals surface area contributed by atoms with Gasteiger partial charge in [0.25, 0.3) is 0 Å². The Kier molecular flexibility index (Phi) is 5.32. The summed E-state index contributed by atoms with van der Waals surface area (Å²) in [6, 6.07) is 20.8. The highest BCUT2D eigenvalue weighted by Gasteiger charge is 2.16. The first-order chi connectivity index (χ1) is 12.5. The van der Waals surface area contributed by atoms with Gasteiger partial charge in [-0.25, -0.2) is 0 Å². The molecule has 0 aliphatic heterocycles. The van der Waals surface area contributed by atoms with Crippen LogP contribution in [-0.4, -0.2) is 17.9 Å². The van der Waals surface area contributed by atoms with Crippen molar-refractivity contribution in [1.29, 1.82) is 0 Å². The van der Waals surface area contributed by atoms with Crippen LogP contribution in [0.25, 0.3) is 10.8 Å². The zero-order chi connectivity index (χ0) is 18.5. The fraction of sp³-hybridized carbons (Fsp3) is 0.182. The van der Waals surface area contributed by atoms with Crippen LogP contribution in [0, 0.1) is 6.92 Å². The summed E-state index contributed by atoms with van der Waals surface area (Å²) in [7, 11) is 0. The molecule has 0 aliphatic rings. The molecular weight excluding hydrogens is 324 g/mol. The molecule has 2 N–H and O–H groups in total. The van der Waals surface area contributed by atoms with Gasteiger partial charge in [-0.3, -0.25) is 9.59 Å². The molecule has 0 fully saturated rings. The summed E-state index contributed by atoms with van der Waals surface area (Å²) in [6.07, 6.45) is 0.240. The van der Waals surface area contributed by atoms with Crippen molar-refractivity contribution in [3.8, 4) is 0 Å². The summed E-state index contributed by atoms with van der Waals surface area (Å²) in [5.74, 6) is -0.409. The maximum absolute atomic E-state index is 12.4. The van der Waals surface area contributed by atoms with Gasteiger partial charge < -0.3 is 10.6 Å². The van der Waals surface area contributed by atoms with Gasteiger partial charge in [0, 0.05) is 5.69 Å². The third kappa shape index (κ3) is 4.28. The first-order valence-corrected chi connectivity index (χ1v) is 8.66. The van der Waals surface area contributed by atoms with Crippen molar-refractivity contribution in [2.45, 2.75) is 26.3 Å². The van der Waals surface area contributed by atoms with Crippen molar-refractivity contribution < 1.29 is 9.59 Å². The molecule has 0 saturated heterocycles. The summed E-state index contributed by atoms with van der Waals surface area (Å²) >= 11 is 0. The van der Waals surface area contributed by atoms with Crippen LogP contribution < -0.4 is 10.6 Å². The van der Waals surface area contributed by atoms with Crippen molar-refractivity contribution in [3.63, 3.8) is 0 Å². The van der Waals surface area contributed by atoms with E-state index in [0.29, 0.717) is 0 Å². The van der Waals surface area contributed by atoms with Gasteiger partial charge in [0.05, 0.1) is 6.42 Å². The number of hydrogen-bond donors (Lipinski definition) is 2. The second kappa shape index (κ2) is 7.83. The lowest BCUT2D eigenvalue weighted by molar-refractivity contribution is -0.125. The highest BCUT2D eigenvalue weighted by molar-refractivity contribution is 5.97. The molecule has 0 aliphatic carbocycles. The molecule has 0 heterocycles. The minimum atomic E-state index is -0.612. The van der Waals surface area contributed by atoms with E-state index < -0.39 is 6.04 Å². The third-order valence-corrected chi connectivity index (χ3v) is 4.32. The minimum absolute atomic E-state index is 0.173. The standard InChI is InChI=1S/C22H22N2O2/c1-15-10-12-19(13-11-15)24-22(26)16(2)23-21(25)14-18-8-5-7-17-6-3-4-9-20(17)18/h3-13,16H,14H2,1-2H3,(H,23,25)(H,24,26)/t16-/m0/s1. The Morgan fingerprint density at radius 2 is 1.62 bits per heavy atom. The second-order valence-electron chi connectivity index (χ2n) is 6.46. The average Bonchev–Trinajstić information content (AvgIpc) is 2.64. The number of nitrogens with one attached hydrogen (secondary N) is 2. The van der Waals surface area contributed by atoms with Gasteiger partial charge in [-0.1, -0.05) is 60.2 Å². The molecule has 0 unspecified atom stereocenters. The Labute approximate surface area is 153 Å². The van der Waals surface area contributed by atoms with Gasteiger partial charge >= 0.3 is 0 Å². The summed E-state index contributed by atoms with van der Waals surface area (Å²) < 4.78 is 0.